The fourth-order valence-corrected chi connectivity index (χ4v) is 3.04. The number of amides is 2. The van der Waals surface area contributed by atoms with Gasteiger partial charge in [-0.3, -0.25) is 9.59 Å². The Balaban J connectivity index is 2.34. The molecule has 0 saturated heterocycles. The summed E-state index contributed by atoms with van der Waals surface area (Å²) in [4.78, 5) is 32.2. The number of hydrogen-bond donors (Lipinski definition) is 0. The van der Waals surface area contributed by atoms with E-state index in [4.69, 9.17) is 0 Å². The molecule has 0 bridgehead atoms. The lowest BCUT2D eigenvalue weighted by Crippen LogP contribution is -2.34. The molecule has 156 valence electrons. The summed E-state index contributed by atoms with van der Waals surface area (Å²) < 4.78 is 39.1. The predicted molar refractivity (Wildman–Crippen MR) is 104 cm³/mol. The highest BCUT2D eigenvalue weighted by molar-refractivity contribution is 5.97. The van der Waals surface area contributed by atoms with Crippen LogP contribution in [0.2, 0.25) is 0 Å². The lowest BCUT2D eigenvalue weighted by Gasteiger charge is -2.29. The maximum absolute atomic E-state index is 13.1. The Labute approximate surface area is 168 Å². The van der Waals surface area contributed by atoms with Crippen molar-refractivity contribution in [3.8, 4) is 0 Å². The maximum atomic E-state index is 13.1. The SMILES string of the molecule is CCN(C(=O)c1ccc(C(=O)N(C)C)nc1C)C(C)c1cccc(C(F)(F)F)c1. The van der Waals surface area contributed by atoms with E-state index in [-0.39, 0.29) is 17.5 Å². The molecule has 1 atom stereocenters. The first-order chi connectivity index (χ1) is 13.5. The predicted octanol–water partition coefficient (Wildman–Crippen LogP) is 4.33. The normalized spacial score (nSPS) is 12.4. The minimum absolute atomic E-state index is 0.220. The van der Waals surface area contributed by atoms with E-state index in [1.54, 1.807) is 40.9 Å². The Morgan fingerprint density at radius 3 is 2.28 bits per heavy atom. The van der Waals surface area contributed by atoms with Crippen LogP contribution in [0.25, 0.3) is 0 Å². The summed E-state index contributed by atoms with van der Waals surface area (Å²) in [7, 11) is 3.21. The van der Waals surface area contributed by atoms with Gasteiger partial charge in [0, 0.05) is 20.6 Å². The first kappa shape index (κ1) is 22.4. The molecule has 0 aliphatic rings. The van der Waals surface area contributed by atoms with Crippen LogP contribution in [0.3, 0.4) is 0 Å². The van der Waals surface area contributed by atoms with E-state index in [2.05, 4.69) is 4.98 Å². The zero-order valence-electron chi connectivity index (χ0n) is 17.0. The van der Waals surface area contributed by atoms with Gasteiger partial charge < -0.3 is 9.80 Å². The van der Waals surface area contributed by atoms with Crippen LogP contribution in [0.15, 0.2) is 36.4 Å². The van der Waals surface area contributed by atoms with Crippen molar-refractivity contribution in [1.29, 1.82) is 0 Å². The molecule has 1 aromatic heterocycles. The number of carbonyl (C=O) groups is 2. The van der Waals surface area contributed by atoms with Crippen LogP contribution in [0, 0.1) is 6.92 Å². The minimum Gasteiger partial charge on any atom is -0.343 e. The number of benzene rings is 1. The van der Waals surface area contributed by atoms with Crippen molar-refractivity contribution in [2.24, 2.45) is 0 Å². The van der Waals surface area contributed by atoms with E-state index >= 15 is 0 Å². The number of aryl methyl sites for hydroxylation is 1. The van der Waals surface area contributed by atoms with E-state index in [1.165, 1.54) is 28.0 Å². The second kappa shape index (κ2) is 8.63. The highest BCUT2D eigenvalue weighted by Gasteiger charge is 2.31. The van der Waals surface area contributed by atoms with Gasteiger partial charge in [-0.15, -0.1) is 0 Å². The van der Waals surface area contributed by atoms with E-state index in [0.717, 1.165) is 12.1 Å². The largest absolute Gasteiger partial charge is 0.416 e. The number of pyridine rings is 1. The fourth-order valence-electron chi connectivity index (χ4n) is 3.04. The summed E-state index contributed by atoms with van der Waals surface area (Å²) in [6, 6.07) is 7.40. The molecule has 0 saturated carbocycles. The van der Waals surface area contributed by atoms with E-state index < -0.39 is 17.8 Å². The average molecular weight is 407 g/mol. The molecule has 1 heterocycles. The van der Waals surface area contributed by atoms with E-state index in [1.807, 2.05) is 0 Å². The molecule has 8 heteroatoms. The number of alkyl halides is 3. The molecule has 2 amide bonds. The monoisotopic (exact) mass is 407 g/mol. The molecule has 0 aliphatic carbocycles. The summed E-state index contributed by atoms with van der Waals surface area (Å²) in [5, 5.41) is 0. The zero-order chi connectivity index (χ0) is 21.9. The molecule has 1 aromatic carbocycles. The smallest absolute Gasteiger partial charge is 0.343 e. The van der Waals surface area contributed by atoms with E-state index in [0.29, 0.717) is 23.4 Å². The summed E-state index contributed by atoms with van der Waals surface area (Å²) in [5.74, 6) is -0.636. The molecule has 5 nitrogen and oxygen atoms in total. The second-order valence-corrected chi connectivity index (χ2v) is 6.92. The molecule has 2 rings (SSSR count). The standard InChI is InChI=1S/C21H24F3N3O2/c1-6-27(14(3)15-8-7-9-16(12-15)21(22,23)24)19(28)17-10-11-18(25-13(17)2)20(29)26(4)5/h7-12,14H,6H2,1-5H3. The van der Waals surface area contributed by atoms with Crippen LogP contribution in [0.4, 0.5) is 13.2 Å². The van der Waals surface area contributed by atoms with Gasteiger partial charge in [0.25, 0.3) is 11.8 Å². The quantitative estimate of drug-likeness (QED) is 0.741. The van der Waals surface area contributed by atoms with Crippen molar-refractivity contribution in [3.05, 3.63) is 64.5 Å². The molecule has 0 radical (unpaired) electrons. The molecule has 0 spiro atoms. The molecule has 29 heavy (non-hydrogen) atoms. The molecule has 0 fully saturated rings. The van der Waals surface area contributed by atoms with Gasteiger partial charge in [0.15, 0.2) is 0 Å². The number of carbonyl (C=O) groups excluding carboxylic acids is 2. The van der Waals surface area contributed by atoms with Gasteiger partial charge in [-0.05, 0) is 50.6 Å². The Morgan fingerprint density at radius 2 is 1.76 bits per heavy atom. The van der Waals surface area contributed by atoms with Crippen molar-refractivity contribution >= 4 is 11.8 Å². The lowest BCUT2D eigenvalue weighted by molar-refractivity contribution is -0.137. The summed E-state index contributed by atoms with van der Waals surface area (Å²) in [5.41, 5.74) is 0.547. The van der Waals surface area contributed by atoms with E-state index in [9.17, 15) is 22.8 Å². The molecular formula is C21H24F3N3O2. The molecule has 2 aromatic rings. The van der Waals surface area contributed by atoms with Crippen LogP contribution >= 0.6 is 0 Å². The van der Waals surface area contributed by atoms with Crippen molar-refractivity contribution in [1.82, 2.24) is 14.8 Å². The number of hydrogen-bond acceptors (Lipinski definition) is 3. The van der Waals surface area contributed by atoms with Crippen LogP contribution in [-0.4, -0.2) is 47.2 Å². The minimum atomic E-state index is -4.45. The zero-order valence-corrected chi connectivity index (χ0v) is 17.0. The second-order valence-electron chi connectivity index (χ2n) is 6.92. The number of nitrogens with zero attached hydrogens (tertiary/aromatic N) is 3. The Morgan fingerprint density at radius 1 is 1.10 bits per heavy atom. The van der Waals surface area contributed by atoms with Gasteiger partial charge in [-0.25, -0.2) is 4.98 Å². The highest BCUT2D eigenvalue weighted by atomic mass is 19.4. The maximum Gasteiger partial charge on any atom is 0.416 e. The fraction of sp³-hybridized carbons (Fsp3) is 0.381. The third-order valence-corrected chi connectivity index (χ3v) is 4.71. The average Bonchev–Trinajstić information content (AvgIpc) is 2.66. The third kappa shape index (κ3) is 4.93. The summed E-state index contributed by atoms with van der Waals surface area (Å²) in [6.07, 6.45) is -4.45. The molecule has 0 aliphatic heterocycles. The van der Waals surface area contributed by atoms with Crippen molar-refractivity contribution in [2.45, 2.75) is 33.0 Å². The Hall–Kier alpha value is -2.90. The Bertz CT molecular complexity index is 910. The van der Waals surface area contributed by atoms with Crippen LogP contribution in [0.1, 0.15) is 57.6 Å². The molecule has 1 unspecified atom stereocenters. The number of halogens is 3. The number of aromatic nitrogens is 1. The topological polar surface area (TPSA) is 53.5 Å². The van der Waals surface area contributed by atoms with Crippen LogP contribution < -0.4 is 0 Å². The third-order valence-electron chi connectivity index (χ3n) is 4.71. The van der Waals surface area contributed by atoms with Gasteiger partial charge in [-0.2, -0.15) is 13.2 Å². The first-order valence-corrected chi connectivity index (χ1v) is 9.14. The van der Waals surface area contributed by atoms with Gasteiger partial charge in [0.2, 0.25) is 0 Å². The van der Waals surface area contributed by atoms with Gasteiger partial charge in [-0.1, -0.05) is 12.1 Å². The molecular weight excluding hydrogens is 383 g/mol. The molecule has 0 N–H and O–H groups in total. The Kier molecular flexibility index (Phi) is 6.66. The highest BCUT2D eigenvalue weighted by Crippen LogP contribution is 2.32. The van der Waals surface area contributed by atoms with Gasteiger partial charge in [0.1, 0.15) is 5.69 Å². The number of rotatable bonds is 5. The van der Waals surface area contributed by atoms with Crippen molar-refractivity contribution in [3.63, 3.8) is 0 Å². The van der Waals surface area contributed by atoms with Gasteiger partial charge in [0.05, 0.1) is 22.9 Å². The van der Waals surface area contributed by atoms with Gasteiger partial charge >= 0.3 is 6.18 Å². The van der Waals surface area contributed by atoms with Crippen molar-refractivity contribution in [2.75, 3.05) is 20.6 Å². The lowest BCUT2D eigenvalue weighted by atomic mass is 10.0. The van der Waals surface area contributed by atoms with Crippen LogP contribution in [0.5, 0.6) is 0 Å². The first-order valence-electron chi connectivity index (χ1n) is 9.14. The summed E-state index contributed by atoms with van der Waals surface area (Å²) in [6.45, 7) is 5.37. The van der Waals surface area contributed by atoms with Crippen molar-refractivity contribution < 1.29 is 22.8 Å². The summed E-state index contributed by atoms with van der Waals surface area (Å²) >= 11 is 0. The van der Waals surface area contributed by atoms with Crippen LogP contribution in [-0.2, 0) is 6.18 Å².